The van der Waals surface area contributed by atoms with E-state index in [0.717, 1.165) is 0 Å². The first-order valence-corrected chi connectivity index (χ1v) is 6.11. The summed E-state index contributed by atoms with van der Waals surface area (Å²) in [6, 6.07) is 7.81. The standard InChI is InChI=1S/C14H14FN3O3/c15-12-4-2-1-3-10(12)8-17-9-11(7-16)14(21)18-6-5-13(19)20/h1-4,9,17H,5-6,8H2,(H,18,21)(H,19,20)/b11-9-. The van der Waals surface area contributed by atoms with E-state index < -0.39 is 11.9 Å². The Morgan fingerprint density at radius 2 is 2.10 bits per heavy atom. The average molecular weight is 291 g/mol. The predicted octanol–water partition coefficient (Wildman–Crippen LogP) is 0.914. The van der Waals surface area contributed by atoms with Crippen molar-refractivity contribution in [3.8, 4) is 6.07 Å². The highest BCUT2D eigenvalue weighted by atomic mass is 19.1. The molecule has 1 aromatic carbocycles. The van der Waals surface area contributed by atoms with Gasteiger partial charge >= 0.3 is 5.97 Å². The van der Waals surface area contributed by atoms with Crippen LogP contribution in [0.3, 0.4) is 0 Å². The lowest BCUT2D eigenvalue weighted by Crippen LogP contribution is -2.27. The number of carboxylic acid groups (broad SMARTS) is 1. The first kappa shape index (κ1) is 16.2. The number of halogens is 1. The van der Waals surface area contributed by atoms with Gasteiger partial charge in [-0.1, -0.05) is 18.2 Å². The third-order valence-corrected chi connectivity index (χ3v) is 2.49. The maximum absolute atomic E-state index is 13.3. The van der Waals surface area contributed by atoms with Gasteiger partial charge in [-0.05, 0) is 6.07 Å². The maximum Gasteiger partial charge on any atom is 0.305 e. The summed E-state index contributed by atoms with van der Waals surface area (Å²) in [5.41, 5.74) is 0.189. The van der Waals surface area contributed by atoms with Crippen LogP contribution in [0.15, 0.2) is 36.0 Å². The lowest BCUT2D eigenvalue weighted by molar-refractivity contribution is -0.136. The fourth-order valence-corrected chi connectivity index (χ4v) is 1.43. The zero-order chi connectivity index (χ0) is 15.7. The van der Waals surface area contributed by atoms with Gasteiger partial charge in [0.1, 0.15) is 17.5 Å². The minimum atomic E-state index is -1.05. The van der Waals surface area contributed by atoms with E-state index in [2.05, 4.69) is 10.6 Å². The highest BCUT2D eigenvalue weighted by molar-refractivity contribution is 5.97. The quantitative estimate of drug-likeness (QED) is 0.512. The Hall–Kier alpha value is -2.88. The smallest absolute Gasteiger partial charge is 0.305 e. The lowest BCUT2D eigenvalue weighted by Gasteiger charge is -2.05. The molecule has 7 heteroatoms. The van der Waals surface area contributed by atoms with Crippen LogP contribution < -0.4 is 10.6 Å². The molecule has 0 fully saturated rings. The average Bonchev–Trinajstić information content (AvgIpc) is 2.45. The molecule has 1 rings (SSSR count). The number of carbonyl (C=O) groups excluding carboxylic acids is 1. The van der Waals surface area contributed by atoms with Gasteiger partial charge in [0.05, 0.1) is 6.42 Å². The topological polar surface area (TPSA) is 102 Å². The van der Waals surface area contributed by atoms with Crippen molar-refractivity contribution >= 4 is 11.9 Å². The fraction of sp³-hybridized carbons (Fsp3) is 0.214. The van der Waals surface area contributed by atoms with Crippen LogP contribution in [0.25, 0.3) is 0 Å². The van der Waals surface area contributed by atoms with Gasteiger partial charge in [-0.25, -0.2) is 4.39 Å². The normalized spacial score (nSPS) is 10.6. The zero-order valence-corrected chi connectivity index (χ0v) is 11.1. The fourth-order valence-electron chi connectivity index (χ4n) is 1.43. The summed E-state index contributed by atoms with van der Waals surface area (Å²) in [7, 11) is 0. The van der Waals surface area contributed by atoms with E-state index in [4.69, 9.17) is 10.4 Å². The molecular formula is C14H14FN3O3. The first-order valence-electron chi connectivity index (χ1n) is 6.11. The van der Waals surface area contributed by atoms with Crippen molar-refractivity contribution in [1.82, 2.24) is 10.6 Å². The van der Waals surface area contributed by atoms with Crippen molar-refractivity contribution in [3.05, 3.63) is 47.4 Å². The highest BCUT2D eigenvalue weighted by Crippen LogP contribution is 2.05. The summed E-state index contributed by atoms with van der Waals surface area (Å²) in [6.45, 7) is 0.0563. The van der Waals surface area contributed by atoms with E-state index >= 15 is 0 Å². The summed E-state index contributed by atoms with van der Waals surface area (Å²) in [6.07, 6.45) is 0.940. The van der Waals surface area contributed by atoms with Crippen molar-refractivity contribution in [2.24, 2.45) is 0 Å². The highest BCUT2D eigenvalue weighted by Gasteiger charge is 2.09. The molecule has 0 aliphatic carbocycles. The molecule has 1 aromatic rings. The Kier molecular flexibility index (Phi) is 6.41. The summed E-state index contributed by atoms with van der Waals surface area (Å²) >= 11 is 0. The minimum absolute atomic E-state index is 0.0689. The molecule has 3 N–H and O–H groups in total. The van der Waals surface area contributed by atoms with Gasteiger partial charge in [-0.3, -0.25) is 9.59 Å². The van der Waals surface area contributed by atoms with Crippen molar-refractivity contribution in [2.75, 3.05) is 6.54 Å². The Balaban J connectivity index is 2.52. The molecule has 0 bridgehead atoms. The van der Waals surface area contributed by atoms with Gasteiger partial charge in [0, 0.05) is 24.9 Å². The lowest BCUT2D eigenvalue weighted by atomic mass is 10.2. The second-order valence-corrected chi connectivity index (χ2v) is 4.04. The summed E-state index contributed by atoms with van der Waals surface area (Å²) in [5, 5.41) is 22.3. The molecule has 0 spiro atoms. The Morgan fingerprint density at radius 1 is 1.38 bits per heavy atom. The van der Waals surface area contributed by atoms with Crippen molar-refractivity contribution in [2.45, 2.75) is 13.0 Å². The molecule has 0 saturated heterocycles. The van der Waals surface area contributed by atoms with Crippen LogP contribution in [0.4, 0.5) is 4.39 Å². The van der Waals surface area contributed by atoms with Gasteiger partial charge in [0.25, 0.3) is 5.91 Å². The first-order chi connectivity index (χ1) is 10.0. The molecule has 0 saturated carbocycles. The molecule has 0 radical (unpaired) electrons. The van der Waals surface area contributed by atoms with Crippen LogP contribution in [0, 0.1) is 17.1 Å². The van der Waals surface area contributed by atoms with Gasteiger partial charge < -0.3 is 15.7 Å². The van der Waals surface area contributed by atoms with Gasteiger partial charge in [0.15, 0.2) is 0 Å². The number of nitrogens with zero attached hydrogens (tertiary/aromatic N) is 1. The second-order valence-electron chi connectivity index (χ2n) is 4.04. The SMILES string of the molecule is N#C/C(=C/NCc1ccccc1F)C(=O)NCCC(=O)O. The van der Waals surface area contributed by atoms with Crippen LogP contribution in [-0.2, 0) is 16.1 Å². The number of hydrogen-bond donors (Lipinski definition) is 3. The molecule has 110 valence electrons. The molecule has 0 unspecified atom stereocenters. The number of hydrogen-bond acceptors (Lipinski definition) is 4. The van der Waals surface area contributed by atoms with E-state index in [0.29, 0.717) is 5.56 Å². The van der Waals surface area contributed by atoms with Gasteiger partial charge in [-0.2, -0.15) is 5.26 Å². The molecule has 0 aliphatic rings. The van der Waals surface area contributed by atoms with Gasteiger partial charge in [0.2, 0.25) is 0 Å². The van der Waals surface area contributed by atoms with E-state index in [1.165, 1.54) is 12.3 Å². The summed E-state index contributed by atoms with van der Waals surface area (Å²) in [4.78, 5) is 21.9. The molecule has 0 atom stereocenters. The third-order valence-electron chi connectivity index (χ3n) is 2.49. The van der Waals surface area contributed by atoms with Crippen LogP contribution in [0.1, 0.15) is 12.0 Å². The molecule has 0 heterocycles. The number of benzene rings is 1. The maximum atomic E-state index is 13.3. The minimum Gasteiger partial charge on any atom is -0.481 e. The monoisotopic (exact) mass is 291 g/mol. The number of nitrogens with one attached hydrogen (secondary N) is 2. The Labute approximate surface area is 120 Å². The van der Waals surface area contributed by atoms with E-state index in [-0.39, 0.29) is 30.9 Å². The van der Waals surface area contributed by atoms with Crippen LogP contribution in [0.5, 0.6) is 0 Å². The number of amides is 1. The van der Waals surface area contributed by atoms with Crippen molar-refractivity contribution in [3.63, 3.8) is 0 Å². The second kappa shape index (κ2) is 8.32. The van der Waals surface area contributed by atoms with Crippen LogP contribution >= 0.6 is 0 Å². The Morgan fingerprint density at radius 3 is 2.71 bits per heavy atom. The van der Waals surface area contributed by atoms with Gasteiger partial charge in [-0.15, -0.1) is 0 Å². The van der Waals surface area contributed by atoms with Crippen LogP contribution in [-0.4, -0.2) is 23.5 Å². The predicted molar refractivity (Wildman–Crippen MR) is 72.2 cm³/mol. The molecular weight excluding hydrogens is 277 g/mol. The summed E-state index contributed by atoms with van der Waals surface area (Å²) in [5.74, 6) is -2.11. The molecule has 1 amide bonds. The largest absolute Gasteiger partial charge is 0.481 e. The molecule has 21 heavy (non-hydrogen) atoms. The van der Waals surface area contributed by atoms with E-state index in [1.807, 2.05) is 0 Å². The summed E-state index contributed by atoms with van der Waals surface area (Å²) < 4.78 is 13.3. The van der Waals surface area contributed by atoms with Crippen LogP contribution in [0.2, 0.25) is 0 Å². The number of nitriles is 1. The number of carboxylic acids is 1. The van der Waals surface area contributed by atoms with Crippen molar-refractivity contribution < 1.29 is 19.1 Å². The molecule has 6 nitrogen and oxygen atoms in total. The van der Waals surface area contributed by atoms with E-state index in [1.54, 1.807) is 24.3 Å². The van der Waals surface area contributed by atoms with E-state index in [9.17, 15) is 14.0 Å². The number of carbonyl (C=O) groups is 2. The Bertz CT molecular complexity index is 593. The zero-order valence-electron chi connectivity index (χ0n) is 11.1. The number of aliphatic carboxylic acids is 1. The third kappa shape index (κ3) is 5.74. The molecule has 0 aromatic heterocycles. The molecule has 0 aliphatic heterocycles. The number of rotatable bonds is 7. The van der Waals surface area contributed by atoms with Crippen molar-refractivity contribution in [1.29, 1.82) is 5.26 Å².